The van der Waals surface area contributed by atoms with Crippen molar-refractivity contribution in [3.05, 3.63) is 29.5 Å². The summed E-state index contributed by atoms with van der Waals surface area (Å²) in [7, 11) is 0. The second-order valence-electron chi connectivity index (χ2n) is 8.10. The molecule has 3 aliphatic rings. The van der Waals surface area contributed by atoms with E-state index in [1.165, 1.54) is 43.0 Å². The molecule has 2 N–H and O–H groups in total. The third-order valence-electron chi connectivity index (χ3n) is 7.66. The van der Waals surface area contributed by atoms with Crippen molar-refractivity contribution in [1.29, 1.82) is 0 Å². The SMILES string of the molecule is CC[C@]12CCC3c4ccc5[nH]ncc5c4CCC3C1CC[C@@H]2O. The van der Waals surface area contributed by atoms with Gasteiger partial charge in [-0.1, -0.05) is 13.0 Å². The first-order valence-corrected chi connectivity index (χ1v) is 9.37. The zero-order valence-electron chi connectivity index (χ0n) is 13.9. The van der Waals surface area contributed by atoms with E-state index in [2.05, 4.69) is 29.3 Å². The molecule has 3 nitrogen and oxygen atoms in total. The maximum absolute atomic E-state index is 10.7. The lowest BCUT2D eigenvalue weighted by molar-refractivity contribution is -0.0393. The Balaban J connectivity index is 1.58. The van der Waals surface area contributed by atoms with Gasteiger partial charge < -0.3 is 5.11 Å². The Hall–Kier alpha value is -1.35. The van der Waals surface area contributed by atoms with E-state index in [1.807, 2.05) is 6.20 Å². The van der Waals surface area contributed by atoms with Crippen molar-refractivity contribution in [1.82, 2.24) is 10.2 Å². The highest BCUT2D eigenvalue weighted by atomic mass is 16.3. The van der Waals surface area contributed by atoms with Crippen molar-refractivity contribution in [2.75, 3.05) is 0 Å². The Morgan fingerprint density at radius 2 is 2.17 bits per heavy atom. The molecule has 0 amide bonds. The van der Waals surface area contributed by atoms with Gasteiger partial charge in [-0.05, 0) is 85.3 Å². The molecule has 5 atom stereocenters. The van der Waals surface area contributed by atoms with E-state index < -0.39 is 0 Å². The fourth-order valence-corrected chi connectivity index (χ4v) is 6.56. The van der Waals surface area contributed by atoms with Crippen LogP contribution in [-0.4, -0.2) is 21.4 Å². The number of fused-ring (bicyclic) bond motifs is 7. The van der Waals surface area contributed by atoms with Gasteiger partial charge in [-0.25, -0.2) is 0 Å². The molecule has 1 heterocycles. The average molecular weight is 310 g/mol. The maximum atomic E-state index is 10.7. The van der Waals surface area contributed by atoms with Crippen LogP contribution in [0.15, 0.2) is 18.3 Å². The number of nitrogens with zero attached hydrogens (tertiary/aromatic N) is 1. The molecule has 0 spiro atoms. The quantitative estimate of drug-likeness (QED) is 0.830. The first-order valence-electron chi connectivity index (χ1n) is 9.37. The maximum Gasteiger partial charge on any atom is 0.0653 e. The lowest BCUT2D eigenvalue weighted by Crippen LogP contribution is -2.45. The molecule has 0 saturated heterocycles. The number of aryl methyl sites for hydroxylation is 1. The predicted octanol–water partition coefficient (Wildman–Crippen LogP) is 4.17. The van der Waals surface area contributed by atoms with Crippen molar-refractivity contribution in [2.24, 2.45) is 17.3 Å². The first-order chi connectivity index (χ1) is 11.2. The molecule has 5 rings (SSSR count). The largest absolute Gasteiger partial charge is 0.393 e. The summed E-state index contributed by atoms with van der Waals surface area (Å²) in [4.78, 5) is 0. The number of nitrogens with one attached hydrogen (secondary N) is 1. The molecule has 3 heteroatoms. The summed E-state index contributed by atoms with van der Waals surface area (Å²) in [6.45, 7) is 2.30. The van der Waals surface area contributed by atoms with Crippen LogP contribution in [0, 0.1) is 17.3 Å². The number of hydrogen-bond donors (Lipinski definition) is 2. The summed E-state index contributed by atoms with van der Waals surface area (Å²) >= 11 is 0. The minimum Gasteiger partial charge on any atom is -0.393 e. The third-order valence-corrected chi connectivity index (χ3v) is 7.66. The minimum atomic E-state index is -0.0591. The van der Waals surface area contributed by atoms with Crippen LogP contribution in [0.25, 0.3) is 10.9 Å². The topological polar surface area (TPSA) is 48.9 Å². The normalized spacial score (nSPS) is 39.0. The Bertz CT molecular complexity index is 751. The highest BCUT2D eigenvalue weighted by Gasteiger charge is 2.55. The molecular formula is C20H26N2O. The van der Waals surface area contributed by atoms with Gasteiger partial charge in [0.2, 0.25) is 0 Å². The molecule has 23 heavy (non-hydrogen) atoms. The Morgan fingerprint density at radius 3 is 3.04 bits per heavy atom. The molecule has 3 aliphatic carbocycles. The molecule has 3 unspecified atom stereocenters. The van der Waals surface area contributed by atoms with Gasteiger partial charge in [0.1, 0.15) is 0 Å². The van der Waals surface area contributed by atoms with Crippen LogP contribution in [0.5, 0.6) is 0 Å². The molecular weight excluding hydrogens is 284 g/mol. The van der Waals surface area contributed by atoms with Crippen molar-refractivity contribution >= 4 is 10.9 Å². The molecule has 2 aromatic rings. The highest BCUT2D eigenvalue weighted by molar-refractivity contribution is 5.83. The van der Waals surface area contributed by atoms with E-state index in [1.54, 1.807) is 11.1 Å². The summed E-state index contributed by atoms with van der Waals surface area (Å²) in [5.41, 5.74) is 4.52. The Morgan fingerprint density at radius 1 is 1.26 bits per heavy atom. The zero-order valence-corrected chi connectivity index (χ0v) is 13.9. The van der Waals surface area contributed by atoms with Gasteiger partial charge in [0.15, 0.2) is 0 Å². The molecule has 2 saturated carbocycles. The van der Waals surface area contributed by atoms with Crippen LogP contribution in [0.4, 0.5) is 0 Å². The smallest absolute Gasteiger partial charge is 0.0653 e. The zero-order chi connectivity index (χ0) is 15.6. The second kappa shape index (κ2) is 4.83. The molecule has 0 aliphatic heterocycles. The Kier molecular flexibility index (Phi) is 2.94. The number of aliphatic hydroxyl groups excluding tert-OH is 1. The van der Waals surface area contributed by atoms with Crippen LogP contribution in [-0.2, 0) is 6.42 Å². The summed E-state index contributed by atoms with van der Waals surface area (Å²) in [5.74, 6) is 2.21. The van der Waals surface area contributed by atoms with Gasteiger partial charge in [-0.2, -0.15) is 5.10 Å². The predicted molar refractivity (Wildman–Crippen MR) is 91.3 cm³/mol. The summed E-state index contributed by atoms with van der Waals surface area (Å²) < 4.78 is 0. The van der Waals surface area contributed by atoms with Crippen LogP contribution < -0.4 is 0 Å². The molecule has 2 fully saturated rings. The van der Waals surface area contributed by atoms with Crippen LogP contribution in [0.3, 0.4) is 0 Å². The highest BCUT2D eigenvalue weighted by Crippen LogP contribution is 2.62. The second-order valence-corrected chi connectivity index (χ2v) is 8.10. The van der Waals surface area contributed by atoms with E-state index in [0.717, 1.165) is 24.7 Å². The van der Waals surface area contributed by atoms with Gasteiger partial charge >= 0.3 is 0 Å². The lowest BCUT2D eigenvalue weighted by atomic mass is 9.54. The lowest BCUT2D eigenvalue weighted by Gasteiger charge is -2.51. The summed E-state index contributed by atoms with van der Waals surface area (Å²) in [6.07, 6.45) is 10.3. The van der Waals surface area contributed by atoms with E-state index in [0.29, 0.717) is 5.92 Å². The number of aromatic nitrogens is 2. The first kappa shape index (κ1) is 14.0. The summed E-state index contributed by atoms with van der Waals surface area (Å²) in [5, 5.41) is 19.4. The number of rotatable bonds is 1. The van der Waals surface area contributed by atoms with Gasteiger partial charge in [0.25, 0.3) is 0 Å². The standard InChI is InChI=1S/C20H26N2O/c1-2-20-10-9-14-12-5-7-18-16(11-21-22-18)13(12)3-4-15(14)17(20)6-8-19(20)23/h5,7,11,14-15,17,19,23H,2-4,6,8-10H2,1H3,(H,21,22)/t14?,15?,17?,19-,20-/m0/s1. The number of aliphatic hydroxyl groups is 1. The van der Waals surface area contributed by atoms with Crippen LogP contribution in [0.1, 0.15) is 62.5 Å². The number of hydrogen-bond acceptors (Lipinski definition) is 2. The molecule has 122 valence electrons. The van der Waals surface area contributed by atoms with Crippen LogP contribution >= 0.6 is 0 Å². The van der Waals surface area contributed by atoms with E-state index in [-0.39, 0.29) is 11.5 Å². The van der Waals surface area contributed by atoms with Gasteiger partial charge in [-0.15, -0.1) is 0 Å². The fourth-order valence-electron chi connectivity index (χ4n) is 6.56. The molecule has 1 aromatic carbocycles. The third kappa shape index (κ3) is 1.72. The molecule has 0 bridgehead atoms. The van der Waals surface area contributed by atoms with E-state index in [9.17, 15) is 5.11 Å². The van der Waals surface area contributed by atoms with Gasteiger partial charge in [0, 0.05) is 5.39 Å². The van der Waals surface area contributed by atoms with Gasteiger partial charge in [-0.3, -0.25) is 5.10 Å². The molecule has 1 aromatic heterocycles. The number of H-pyrrole nitrogens is 1. The van der Waals surface area contributed by atoms with Crippen molar-refractivity contribution < 1.29 is 5.11 Å². The van der Waals surface area contributed by atoms with E-state index >= 15 is 0 Å². The number of benzene rings is 1. The number of aromatic amines is 1. The van der Waals surface area contributed by atoms with Crippen molar-refractivity contribution in [3.63, 3.8) is 0 Å². The van der Waals surface area contributed by atoms with Crippen LogP contribution in [0.2, 0.25) is 0 Å². The molecule has 0 radical (unpaired) electrons. The fraction of sp³-hybridized carbons (Fsp3) is 0.650. The average Bonchev–Trinajstić information content (AvgIpc) is 3.19. The van der Waals surface area contributed by atoms with Crippen molar-refractivity contribution in [3.8, 4) is 0 Å². The Labute approximate surface area is 137 Å². The summed E-state index contributed by atoms with van der Waals surface area (Å²) in [6, 6.07) is 4.58. The monoisotopic (exact) mass is 310 g/mol. The van der Waals surface area contributed by atoms with E-state index in [4.69, 9.17) is 0 Å². The minimum absolute atomic E-state index is 0.0591. The van der Waals surface area contributed by atoms with Crippen molar-refractivity contribution in [2.45, 2.75) is 63.9 Å². The van der Waals surface area contributed by atoms with Gasteiger partial charge in [0.05, 0.1) is 17.8 Å².